The first-order chi connectivity index (χ1) is 6.26. The standard InChI is InChI=1S/C9H11BrN2O/c1-11-9(13)12-8-4-2-3-7(5-8)6-10/h2-5H,6H2,1H3,(H2,11,12,13). The van der Waals surface area contributed by atoms with Crippen LogP contribution >= 0.6 is 15.9 Å². The van der Waals surface area contributed by atoms with Crippen LogP contribution in [0.5, 0.6) is 0 Å². The van der Waals surface area contributed by atoms with Crippen LogP contribution in [0.1, 0.15) is 5.56 Å². The van der Waals surface area contributed by atoms with Gasteiger partial charge in [-0.3, -0.25) is 0 Å². The number of amides is 2. The van der Waals surface area contributed by atoms with E-state index in [4.69, 9.17) is 0 Å². The number of urea groups is 1. The van der Waals surface area contributed by atoms with Crippen molar-refractivity contribution < 1.29 is 4.79 Å². The fourth-order valence-electron chi connectivity index (χ4n) is 0.926. The van der Waals surface area contributed by atoms with Crippen molar-refractivity contribution in [2.24, 2.45) is 0 Å². The Balaban J connectivity index is 2.71. The first-order valence-corrected chi connectivity index (χ1v) is 5.02. The summed E-state index contributed by atoms with van der Waals surface area (Å²) in [6, 6.07) is 7.46. The Hall–Kier alpha value is -1.03. The van der Waals surface area contributed by atoms with Gasteiger partial charge in [-0.25, -0.2) is 4.79 Å². The molecule has 0 aliphatic heterocycles. The second-order valence-electron chi connectivity index (χ2n) is 2.54. The lowest BCUT2D eigenvalue weighted by Gasteiger charge is -2.04. The highest BCUT2D eigenvalue weighted by atomic mass is 79.9. The molecule has 0 spiro atoms. The molecule has 4 heteroatoms. The third-order valence-corrected chi connectivity index (χ3v) is 2.21. The molecular weight excluding hydrogens is 232 g/mol. The summed E-state index contributed by atoms with van der Waals surface area (Å²) in [5, 5.41) is 5.97. The van der Waals surface area contributed by atoms with E-state index in [9.17, 15) is 4.79 Å². The van der Waals surface area contributed by atoms with Gasteiger partial charge >= 0.3 is 6.03 Å². The minimum atomic E-state index is -0.202. The van der Waals surface area contributed by atoms with Crippen molar-refractivity contribution in [3.63, 3.8) is 0 Å². The molecule has 70 valence electrons. The Morgan fingerprint density at radius 3 is 2.92 bits per heavy atom. The molecule has 1 rings (SSSR count). The Labute approximate surface area is 85.7 Å². The van der Waals surface area contributed by atoms with Crippen LogP contribution in [0.3, 0.4) is 0 Å². The largest absolute Gasteiger partial charge is 0.341 e. The van der Waals surface area contributed by atoms with E-state index in [1.807, 2.05) is 24.3 Å². The summed E-state index contributed by atoms with van der Waals surface area (Å²) in [4.78, 5) is 10.9. The molecule has 0 aliphatic carbocycles. The summed E-state index contributed by atoms with van der Waals surface area (Å²) in [6.45, 7) is 0. The number of anilines is 1. The number of hydrogen-bond acceptors (Lipinski definition) is 1. The average molecular weight is 243 g/mol. The topological polar surface area (TPSA) is 41.1 Å². The minimum absolute atomic E-state index is 0.202. The molecule has 0 saturated heterocycles. The van der Waals surface area contributed by atoms with Gasteiger partial charge in [0.2, 0.25) is 0 Å². The molecule has 1 aromatic rings. The summed E-state index contributed by atoms with van der Waals surface area (Å²) < 4.78 is 0. The van der Waals surface area contributed by atoms with Gasteiger partial charge in [0.25, 0.3) is 0 Å². The summed E-state index contributed by atoms with van der Waals surface area (Å²) in [5.74, 6) is 0. The van der Waals surface area contributed by atoms with E-state index in [1.165, 1.54) is 0 Å². The average Bonchev–Trinajstić information content (AvgIpc) is 2.18. The molecule has 0 heterocycles. The second kappa shape index (κ2) is 4.87. The van der Waals surface area contributed by atoms with E-state index >= 15 is 0 Å². The lowest BCUT2D eigenvalue weighted by Crippen LogP contribution is -2.24. The first-order valence-electron chi connectivity index (χ1n) is 3.90. The molecule has 1 aromatic carbocycles. The smallest absolute Gasteiger partial charge is 0.318 e. The normalized spacial score (nSPS) is 9.38. The highest BCUT2D eigenvalue weighted by Crippen LogP contribution is 2.12. The lowest BCUT2D eigenvalue weighted by molar-refractivity contribution is 0.254. The van der Waals surface area contributed by atoms with E-state index in [2.05, 4.69) is 26.6 Å². The highest BCUT2D eigenvalue weighted by Gasteiger charge is 1.98. The van der Waals surface area contributed by atoms with Crippen molar-refractivity contribution in [3.8, 4) is 0 Å². The summed E-state index contributed by atoms with van der Waals surface area (Å²) in [5.41, 5.74) is 1.94. The number of nitrogens with one attached hydrogen (secondary N) is 2. The van der Waals surface area contributed by atoms with Crippen molar-refractivity contribution in [3.05, 3.63) is 29.8 Å². The van der Waals surface area contributed by atoms with Crippen LogP contribution in [-0.2, 0) is 5.33 Å². The van der Waals surface area contributed by atoms with Gasteiger partial charge in [0, 0.05) is 18.1 Å². The van der Waals surface area contributed by atoms with E-state index in [1.54, 1.807) is 7.05 Å². The second-order valence-corrected chi connectivity index (χ2v) is 3.10. The molecule has 13 heavy (non-hydrogen) atoms. The minimum Gasteiger partial charge on any atom is -0.341 e. The SMILES string of the molecule is CNC(=O)Nc1cccc(CBr)c1. The third-order valence-electron chi connectivity index (χ3n) is 1.57. The molecule has 3 nitrogen and oxygen atoms in total. The van der Waals surface area contributed by atoms with Crippen LogP contribution in [0.25, 0.3) is 0 Å². The fourth-order valence-corrected chi connectivity index (χ4v) is 1.27. The number of rotatable bonds is 2. The maximum absolute atomic E-state index is 10.9. The molecule has 0 aromatic heterocycles. The number of halogens is 1. The van der Waals surface area contributed by atoms with Crippen molar-refractivity contribution in [2.75, 3.05) is 12.4 Å². The number of benzene rings is 1. The van der Waals surface area contributed by atoms with Crippen LogP contribution in [-0.4, -0.2) is 13.1 Å². The Morgan fingerprint density at radius 1 is 1.54 bits per heavy atom. The quantitative estimate of drug-likeness (QED) is 0.769. The third kappa shape index (κ3) is 3.06. The summed E-state index contributed by atoms with van der Waals surface area (Å²) in [6.07, 6.45) is 0. The predicted molar refractivity (Wildman–Crippen MR) is 57.2 cm³/mol. The van der Waals surface area contributed by atoms with Gasteiger partial charge in [0.15, 0.2) is 0 Å². The first kappa shape index (κ1) is 10.1. The van der Waals surface area contributed by atoms with E-state index in [0.717, 1.165) is 16.6 Å². The Kier molecular flexibility index (Phi) is 3.76. The molecular formula is C9H11BrN2O. The van der Waals surface area contributed by atoms with Crippen LogP contribution in [0.2, 0.25) is 0 Å². The van der Waals surface area contributed by atoms with Gasteiger partial charge in [-0.2, -0.15) is 0 Å². The fraction of sp³-hybridized carbons (Fsp3) is 0.222. The Bertz CT molecular complexity index is 301. The van der Waals surface area contributed by atoms with Crippen molar-refractivity contribution >= 4 is 27.6 Å². The van der Waals surface area contributed by atoms with E-state index in [-0.39, 0.29) is 6.03 Å². The van der Waals surface area contributed by atoms with Gasteiger partial charge in [0.05, 0.1) is 0 Å². The molecule has 0 unspecified atom stereocenters. The van der Waals surface area contributed by atoms with Crippen LogP contribution in [0.15, 0.2) is 24.3 Å². The molecule has 2 N–H and O–H groups in total. The highest BCUT2D eigenvalue weighted by molar-refractivity contribution is 9.08. The summed E-state index contributed by atoms with van der Waals surface area (Å²) >= 11 is 3.35. The van der Waals surface area contributed by atoms with Gasteiger partial charge in [-0.05, 0) is 17.7 Å². The van der Waals surface area contributed by atoms with Crippen LogP contribution in [0.4, 0.5) is 10.5 Å². The molecule has 0 fully saturated rings. The monoisotopic (exact) mass is 242 g/mol. The maximum atomic E-state index is 10.9. The van der Waals surface area contributed by atoms with Gasteiger partial charge < -0.3 is 10.6 Å². The van der Waals surface area contributed by atoms with Crippen molar-refractivity contribution in [1.29, 1.82) is 0 Å². The van der Waals surface area contributed by atoms with Gasteiger partial charge in [0.1, 0.15) is 0 Å². The van der Waals surface area contributed by atoms with E-state index in [0.29, 0.717) is 0 Å². The molecule has 0 saturated carbocycles. The number of alkyl halides is 1. The predicted octanol–water partition coefficient (Wildman–Crippen LogP) is 2.33. The van der Waals surface area contributed by atoms with Gasteiger partial charge in [-0.15, -0.1) is 0 Å². The zero-order valence-corrected chi connectivity index (χ0v) is 8.89. The molecule has 0 aliphatic rings. The lowest BCUT2D eigenvalue weighted by atomic mass is 10.2. The molecule has 0 radical (unpaired) electrons. The number of hydrogen-bond donors (Lipinski definition) is 2. The van der Waals surface area contributed by atoms with Gasteiger partial charge in [-0.1, -0.05) is 28.1 Å². The molecule has 0 bridgehead atoms. The van der Waals surface area contributed by atoms with Crippen molar-refractivity contribution in [1.82, 2.24) is 5.32 Å². The molecule has 0 atom stereocenters. The van der Waals surface area contributed by atoms with Crippen LogP contribution in [0, 0.1) is 0 Å². The number of carbonyl (C=O) groups is 1. The maximum Gasteiger partial charge on any atom is 0.318 e. The molecule has 2 amide bonds. The van der Waals surface area contributed by atoms with Crippen molar-refractivity contribution in [2.45, 2.75) is 5.33 Å². The zero-order chi connectivity index (χ0) is 9.68. The Morgan fingerprint density at radius 2 is 2.31 bits per heavy atom. The zero-order valence-electron chi connectivity index (χ0n) is 7.30. The number of carbonyl (C=O) groups excluding carboxylic acids is 1. The summed E-state index contributed by atoms with van der Waals surface area (Å²) in [7, 11) is 1.59. The van der Waals surface area contributed by atoms with E-state index < -0.39 is 0 Å². The van der Waals surface area contributed by atoms with Crippen LogP contribution < -0.4 is 10.6 Å².